The number of aromatic nitrogens is 1. The highest BCUT2D eigenvalue weighted by Crippen LogP contribution is 2.29. The number of hydrogen-bond donors (Lipinski definition) is 1. The van der Waals surface area contributed by atoms with Crippen molar-refractivity contribution < 1.29 is 18.7 Å². The van der Waals surface area contributed by atoms with Gasteiger partial charge in [-0.25, -0.2) is 4.39 Å². The molecule has 5 nitrogen and oxygen atoms in total. The van der Waals surface area contributed by atoms with Crippen LogP contribution in [0.25, 0.3) is 10.9 Å². The van der Waals surface area contributed by atoms with Gasteiger partial charge in [-0.05, 0) is 31.0 Å². The first kappa shape index (κ1) is 15.9. The topological polar surface area (TPSA) is 54.6 Å². The van der Waals surface area contributed by atoms with Gasteiger partial charge in [-0.2, -0.15) is 0 Å². The van der Waals surface area contributed by atoms with Crippen molar-refractivity contribution in [1.29, 1.82) is 0 Å². The molecule has 0 radical (unpaired) electrons. The summed E-state index contributed by atoms with van der Waals surface area (Å²) in [6, 6.07) is 4.51. The lowest BCUT2D eigenvalue weighted by atomic mass is 9.96. The Labute approximate surface area is 143 Å². The minimum absolute atomic E-state index is 0.0389. The number of aromatic amines is 1. The van der Waals surface area contributed by atoms with Crippen molar-refractivity contribution in [3.63, 3.8) is 0 Å². The minimum Gasteiger partial charge on any atom is -0.350 e. The monoisotopic (exact) mass is 352 g/mol. The zero-order valence-corrected chi connectivity index (χ0v) is 13.8. The number of halogens is 2. The zero-order valence-electron chi connectivity index (χ0n) is 13.1. The summed E-state index contributed by atoms with van der Waals surface area (Å²) in [5.41, 5.74) is 1.09. The molecule has 24 heavy (non-hydrogen) atoms. The smallest absolute Gasteiger partial charge is 0.270 e. The Morgan fingerprint density at radius 2 is 1.96 bits per heavy atom. The molecule has 1 amide bonds. The number of carbonyl (C=O) groups is 1. The van der Waals surface area contributed by atoms with Crippen LogP contribution in [0.1, 0.15) is 23.3 Å². The normalized spacial score (nSPS) is 20.2. The summed E-state index contributed by atoms with van der Waals surface area (Å²) < 4.78 is 24.6. The van der Waals surface area contributed by atoms with Crippen molar-refractivity contribution in [2.45, 2.75) is 19.1 Å². The van der Waals surface area contributed by atoms with Crippen LogP contribution in [0.2, 0.25) is 5.02 Å². The summed E-state index contributed by atoms with van der Waals surface area (Å²) in [5, 5.41) is 0.569. The van der Waals surface area contributed by atoms with E-state index in [1.165, 1.54) is 6.07 Å². The van der Waals surface area contributed by atoms with Gasteiger partial charge in [0.15, 0.2) is 6.29 Å². The molecule has 1 aromatic carbocycles. The van der Waals surface area contributed by atoms with Gasteiger partial charge in [0.2, 0.25) is 0 Å². The second kappa shape index (κ2) is 6.35. The van der Waals surface area contributed by atoms with Crippen LogP contribution in [0.3, 0.4) is 0 Å². The van der Waals surface area contributed by atoms with Gasteiger partial charge in [0, 0.05) is 29.9 Å². The fraction of sp³-hybridized carbons (Fsp3) is 0.471. The molecule has 2 fully saturated rings. The predicted octanol–water partition coefficient (Wildman–Crippen LogP) is 3.19. The summed E-state index contributed by atoms with van der Waals surface area (Å²) in [5.74, 6) is -0.239. The molecule has 0 saturated carbocycles. The Kier molecular flexibility index (Phi) is 4.20. The summed E-state index contributed by atoms with van der Waals surface area (Å²) in [6.45, 7) is 2.61. The minimum atomic E-state index is -0.487. The second-order valence-electron chi connectivity index (χ2n) is 6.25. The molecule has 0 unspecified atom stereocenters. The molecule has 0 spiro atoms. The van der Waals surface area contributed by atoms with E-state index in [1.807, 2.05) is 0 Å². The standard InChI is InChI=1S/C17H18ClFN2O3/c18-15-11-9-14(20-13(11)2-1-12(15)19)16(22)21-5-3-10(4-6-21)17-23-7-8-24-17/h1-2,9-10,17,20H,3-8H2. The average Bonchev–Trinajstić information content (AvgIpc) is 3.27. The Hall–Kier alpha value is -1.63. The third kappa shape index (κ3) is 2.79. The maximum atomic E-state index is 13.5. The third-order valence-electron chi connectivity index (χ3n) is 4.78. The average molecular weight is 353 g/mol. The van der Waals surface area contributed by atoms with E-state index in [0.717, 1.165) is 12.8 Å². The first-order chi connectivity index (χ1) is 11.6. The predicted molar refractivity (Wildman–Crippen MR) is 87.6 cm³/mol. The number of benzene rings is 1. The molecule has 2 aliphatic rings. The number of likely N-dealkylation sites (tertiary alicyclic amines) is 1. The van der Waals surface area contributed by atoms with Gasteiger partial charge in [-0.1, -0.05) is 11.6 Å². The molecule has 1 N–H and O–H groups in total. The van der Waals surface area contributed by atoms with Crippen molar-refractivity contribution in [3.05, 3.63) is 34.7 Å². The molecule has 0 aliphatic carbocycles. The summed E-state index contributed by atoms with van der Waals surface area (Å²) >= 11 is 5.97. The molecule has 0 bridgehead atoms. The number of hydrogen-bond acceptors (Lipinski definition) is 3. The Morgan fingerprint density at radius 3 is 2.67 bits per heavy atom. The van der Waals surface area contributed by atoms with E-state index in [1.54, 1.807) is 17.0 Å². The van der Waals surface area contributed by atoms with Crippen LogP contribution in [0.15, 0.2) is 18.2 Å². The first-order valence-electron chi connectivity index (χ1n) is 8.12. The Morgan fingerprint density at radius 1 is 1.25 bits per heavy atom. The largest absolute Gasteiger partial charge is 0.350 e. The molecule has 1 aromatic heterocycles. The number of piperidine rings is 1. The number of ether oxygens (including phenoxy) is 2. The van der Waals surface area contributed by atoms with Gasteiger partial charge >= 0.3 is 0 Å². The molecular formula is C17H18ClFN2O3. The fourth-order valence-corrected chi connectivity index (χ4v) is 3.67. The van der Waals surface area contributed by atoms with Crippen LogP contribution in [0.4, 0.5) is 4.39 Å². The number of rotatable bonds is 2. The van der Waals surface area contributed by atoms with Crippen molar-refractivity contribution in [3.8, 4) is 0 Å². The quantitative estimate of drug-likeness (QED) is 0.903. The highest BCUT2D eigenvalue weighted by Gasteiger charge is 2.32. The lowest BCUT2D eigenvalue weighted by Gasteiger charge is -2.33. The molecular weight excluding hydrogens is 335 g/mol. The van der Waals surface area contributed by atoms with Gasteiger partial charge < -0.3 is 19.4 Å². The van der Waals surface area contributed by atoms with Gasteiger partial charge in [-0.15, -0.1) is 0 Å². The van der Waals surface area contributed by atoms with Crippen LogP contribution < -0.4 is 0 Å². The molecule has 0 atom stereocenters. The van der Waals surface area contributed by atoms with Gasteiger partial charge in [0.25, 0.3) is 5.91 Å². The number of nitrogens with one attached hydrogen (secondary N) is 1. The lowest BCUT2D eigenvalue weighted by Crippen LogP contribution is -2.41. The molecule has 2 aromatic rings. The summed E-state index contributed by atoms with van der Waals surface area (Å²) in [7, 11) is 0. The SMILES string of the molecule is O=C(c1cc2c(Cl)c(F)ccc2[nH]1)N1CCC(C2OCCO2)CC1. The first-order valence-corrected chi connectivity index (χ1v) is 8.50. The fourth-order valence-electron chi connectivity index (χ4n) is 3.45. The highest BCUT2D eigenvalue weighted by atomic mass is 35.5. The van der Waals surface area contributed by atoms with Crippen LogP contribution >= 0.6 is 11.6 Å². The van der Waals surface area contributed by atoms with Gasteiger partial charge in [0.1, 0.15) is 11.5 Å². The van der Waals surface area contributed by atoms with E-state index in [0.29, 0.717) is 48.8 Å². The van der Waals surface area contributed by atoms with Gasteiger partial charge in [-0.3, -0.25) is 4.79 Å². The van der Waals surface area contributed by atoms with Crippen molar-refractivity contribution >= 4 is 28.4 Å². The molecule has 128 valence electrons. The zero-order chi connectivity index (χ0) is 16.7. The van der Waals surface area contributed by atoms with Crippen LogP contribution in [-0.4, -0.2) is 48.4 Å². The van der Waals surface area contributed by atoms with Gasteiger partial charge in [0.05, 0.1) is 18.2 Å². The van der Waals surface area contributed by atoms with E-state index in [-0.39, 0.29) is 17.2 Å². The van der Waals surface area contributed by atoms with Crippen LogP contribution in [-0.2, 0) is 9.47 Å². The van der Waals surface area contributed by atoms with Crippen molar-refractivity contribution in [2.24, 2.45) is 5.92 Å². The van der Waals surface area contributed by atoms with E-state index in [4.69, 9.17) is 21.1 Å². The summed E-state index contributed by atoms with van der Waals surface area (Å²) in [4.78, 5) is 17.5. The molecule has 3 heterocycles. The summed E-state index contributed by atoms with van der Waals surface area (Å²) in [6.07, 6.45) is 1.58. The number of nitrogens with zero attached hydrogens (tertiary/aromatic N) is 1. The van der Waals surface area contributed by atoms with E-state index >= 15 is 0 Å². The van der Waals surface area contributed by atoms with Crippen molar-refractivity contribution in [1.82, 2.24) is 9.88 Å². The number of H-pyrrole nitrogens is 1. The molecule has 2 aliphatic heterocycles. The number of fused-ring (bicyclic) bond motifs is 1. The van der Waals surface area contributed by atoms with Crippen LogP contribution in [0.5, 0.6) is 0 Å². The molecule has 7 heteroatoms. The van der Waals surface area contributed by atoms with E-state index in [2.05, 4.69) is 4.98 Å². The Bertz CT molecular complexity index is 765. The lowest BCUT2D eigenvalue weighted by molar-refractivity contribution is -0.0956. The third-order valence-corrected chi connectivity index (χ3v) is 5.16. The number of carbonyl (C=O) groups excluding carboxylic acids is 1. The second-order valence-corrected chi connectivity index (χ2v) is 6.62. The maximum Gasteiger partial charge on any atom is 0.270 e. The van der Waals surface area contributed by atoms with Crippen LogP contribution in [0, 0.1) is 11.7 Å². The van der Waals surface area contributed by atoms with E-state index in [9.17, 15) is 9.18 Å². The van der Waals surface area contributed by atoms with Crippen molar-refractivity contribution in [2.75, 3.05) is 26.3 Å². The Balaban J connectivity index is 1.47. The number of amides is 1. The highest BCUT2D eigenvalue weighted by molar-refractivity contribution is 6.35. The molecule has 2 saturated heterocycles. The molecule has 4 rings (SSSR count). The van der Waals surface area contributed by atoms with E-state index < -0.39 is 5.82 Å². The maximum absolute atomic E-state index is 13.5.